The second kappa shape index (κ2) is 10.2. The topological polar surface area (TPSA) is 120 Å². The smallest absolute Gasteiger partial charge is 0.329 e. The molecule has 0 spiro atoms. The molecule has 0 saturated heterocycles. The van der Waals surface area contributed by atoms with Gasteiger partial charge in [-0.15, -0.1) is 0 Å². The highest BCUT2D eigenvalue weighted by atomic mass is 16.6. The van der Waals surface area contributed by atoms with Crippen molar-refractivity contribution in [2.45, 2.75) is 78.0 Å². The van der Waals surface area contributed by atoms with Crippen LogP contribution in [0.1, 0.15) is 60.8 Å². The Labute approximate surface area is 150 Å². The molecule has 0 bridgehead atoms. The predicted octanol–water partition coefficient (Wildman–Crippen LogP) is 1.47. The van der Waals surface area contributed by atoms with Crippen LogP contribution in [-0.2, 0) is 19.1 Å². The van der Waals surface area contributed by atoms with Crippen LogP contribution >= 0.6 is 0 Å². The standard InChI is InChI=1S/C17H33N3O5/c1-16(2,3)24-13(21)11-19-15(23)20-12(9-7-8-10-18)14(22)25-17(4,5)6/h12H,7-11,18H2,1-6H3,(H2,19,20,23)/t12-/m0/s1. The number of esters is 2. The van der Waals surface area contributed by atoms with Gasteiger partial charge in [0.2, 0.25) is 0 Å². The molecule has 0 unspecified atom stereocenters. The van der Waals surface area contributed by atoms with Crippen LogP contribution in [0.5, 0.6) is 0 Å². The van der Waals surface area contributed by atoms with Gasteiger partial charge < -0.3 is 25.8 Å². The van der Waals surface area contributed by atoms with Crippen LogP contribution in [0.2, 0.25) is 0 Å². The number of hydrogen-bond donors (Lipinski definition) is 3. The van der Waals surface area contributed by atoms with E-state index in [9.17, 15) is 14.4 Å². The summed E-state index contributed by atoms with van der Waals surface area (Å²) in [5.41, 5.74) is 4.17. The van der Waals surface area contributed by atoms with Crippen LogP contribution in [0.3, 0.4) is 0 Å². The van der Waals surface area contributed by atoms with E-state index in [0.29, 0.717) is 19.4 Å². The molecule has 4 N–H and O–H groups in total. The van der Waals surface area contributed by atoms with Gasteiger partial charge in [0.1, 0.15) is 23.8 Å². The highest BCUT2D eigenvalue weighted by Crippen LogP contribution is 2.11. The van der Waals surface area contributed by atoms with Crippen molar-refractivity contribution in [1.29, 1.82) is 0 Å². The lowest BCUT2D eigenvalue weighted by atomic mass is 10.1. The van der Waals surface area contributed by atoms with Crippen LogP contribution in [0.4, 0.5) is 4.79 Å². The molecular weight excluding hydrogens is 326 g/mol. The molecule has 0 aromatic carbocycles. The highest BCUT2D eigenvalue weighted by molar-refractivity contribution is 5.85. The van der Waals surface area contributed by atoms with E-state index in [4.69, 9.17) is 15.2 Å². The van der Waals surface area contributed by atoms with Gasteiger partial charge in [0, 0.05) is 0 Å². The molecule has 0 aliphatic heterocycles. The third-order valence-corrected chi connectivity index (χ3v) is 2.76. The van der Waals surface area contributed by atoms with Gasteiger partial charge in [0.05, 0.1) is 0 Å². The third-order valence-electron chi connectivity index (χ3n) is 2.76. The summed E-state index contributed by atoms with van der Waals surface area (Å²) in [7, 11) is 0. The fourth-order valence-corrected chi connectivity index (χ4v) is 1.85. The molecule has 25 heavy (non-hydrogen) atoms. The average molecular weight is 359 g/mol. The lowest BCUT2D eigenvalue weighted by Gasteiger charge is -2.25. The molecule has 0 aliphatic carbocycles. The lowest BCUT2D eigenvalue weighted by Crippen LogP contribution is -2.49. The number of amides is 2. The molecule has 0 aromatic rings. The van der Waals surface area contributed by atoms with Gasteiger partial charge in [-0.25, -0.2) is 9.59 Å². The highest BCUT2D eigenvalue weighted by Gasteiger charge is 2.26. The largest absolute Gasteiger partial charge is 0.459 e. The minimum atomic E-state index is -0.801. The minimum absolute atomic E-state index is 0.285. The monoisotopic (exact) mass is 359 g/mol. The maximum atomic E-state index is 12.2. The molecule has 0 rings (SSSR count). The van der Waals surface area contributed by atoms with Crippen molar-refractivity contribution in [1.82, 2.24) is 10.6 Å². The SMILES string of the molecule is CC(C)(C)OC(=O)CNC(=O)N[C@@H](CCCCN)C(=O)OC(C)(C)C. The first-order valence-corrected chi connectivity index (χ1v) is 8.53. The maximum Gasteiger partial charge on any atom is 0.329 e. The van der Waals surface area contributed by atoms with Crippen LogP contribution < -0.4 is 16.4 Å². The summed E-state index contributed by atoms with van der Waals surface area (Å²) in [6.45, 7) is 10.7. The van der Waals surface area contributed by atoms with Gasteiger partial charge in [0.15, 0.2) is 0 Å². The Balaban J connectivity index is 4.58. The van der Waals surface area contributed by atoms with Crippen molar-refractivity contribution in [2.24, 2.45) is 5.73 Å². The number of ether oxygens (including phenoxy) is 2. The molecule has 8 nitrogen and oxygen atoms in total. The summed E-state index contributed by atoms with van der Waals surface area (Å²) < 4.78 is 10.4. The Hall–Kier alpha value is -1.83. The number of hydrogen-bond acceptors (Lipinski definition) is 6. The van der Waals surface area contributed by atoms with E-state index in [0.717, 1.165) is 6.42 Å². The number of carbonyl (C=O) groups excluding carboxylic acids is 3. The molecule has 1 atom stereocenters. The molecule has 8 heteroatoms. The average Bonchev–Trinajstić information content (AvgIpc) is 2.40. The summed E-state index contributed by atoms with van der Waals surface area (Å²) in [6, 6.07) is -1.43. The van der Waals surface area contributed by atoms with Crippen LogP contribution in [0.25, 0.3) is 0 Å². The maximum absolute atomic E-state index is 12.2. The predicted molar refractivity (Wildman–Crippen MR) is 94.9 cm³/mol. The zero-order chi connectivity index (χ0) is 19.7. The van der Waals surface area contributed by atoms with Crippen LogP contribution in [-0.4, -0.2) is 48.3 Å². The molecule has 0 radical (unpaired) electrons. The normalized spacial score (nSPS) is 12.9. The Morgan fingerprint density at radius 2 is 1.52 bits per heavy atom. The second-order valence-electron chi connectivity index (χ2n) is 7.78. The van der Waals surface area contributed by atoms with Crippen molar-refractivity contribution in [3.8, 4) is 0 Å². The quantitative estimate of drug-likeness (QED) is 0.446. The van der Waals surface area contributed by atoms with E-state index >= 15 is 0 Å². The van der Waals surface area contributed by atoms with E-state index in [1.54, 1.807) is 41.5 Å². The third kappa shape index (κ3) is 13.2. The summed E-state index contributed by atoms with van der Waals surface area (Å²) >= 11 is 0. The molecule has 0 saturated carbocycles. The van der Waals surface area contributed by atoms with Crippen molar-refractivity contribution in [2.75, 3.05) is 13.1 Å². The number of unbranched alkanes of at least 4 members (excludes halogenated alkanes) is 1. The number of carbonyl (C=O) groups is 3. The fourth-order valence-electron chi connectivity index (χ4n) is 1.85. The Kier molecular flexibility index (Phi) is 9.48. The summed E-state index contributed by atoms with van der Waals surface area (Å²) in [5.74, 6) is -1.07. The first-order valence-electron chi connectivity index (χ1n) is 8.53. The van der Waals surface area contributed by atoms with E-state index in [-0.39, 0.29) is 6.54 Å². The minimum Gasteiger partial charge on any atom is -0.459 e. The lowest BCUT2D eigenvalue weighted by molar-refractivity contribution is -0.157. The first-order chi connectivity index (χ1) is 11.3. The van der Waals surface area contributed by atoms with Gasteiger partial charge in [-0.05, 0) is 67.3 Å². The molecule has 0 aliphatic rings. The molecule has 0 aromatic heterocycles. The Morgan fingerprint density at radius 3 is 2.00 bits per heavy atom. The van der Waals surface area contributed by atoms with Crippen molar-refractivity contribution >= 4 is 18.0 Å². The van der Waals surface area contributed by atoms with Crippen LogP contribution in [0.15, 0.2) is 0 Å². The molecule has 146 valence electrons. The number of rotatable bonds is 8. The van der Waals surface area contributed by atoms with Crippen molar-refractivity contribution in [3.05, 3.63) is 0 Å². The zero-order valence-electron chi connectivity index (χ0n) is 16.2. The molecule has 0 heterocycles. The van der Waals surface area contributed by atoms with E-state index in [1.807, 2.05) is 0 Å². The second-order valence-corrected chi connectivity index (χ2v) is 7.78. The summed E-state index contributed by atoms with van der Waals surface area (Å²) in [5, 5.41) is 4.93. The van der Waals surface area contributed by atoms with Crippen LogP contribution in [0, 0.1) is 0 Å². The Bertz CT molecular complexity index is 452. The van der Waals surface area contributed by atoms with Crippen molar-refractivity contribution in [3.63, 3.8) is 0 Å². The van der Waals surface area contributed by atoms with Gasteiger partial charge in [-0.2, -0.15) is 0 Å². The number of nitrogens with one attached hydrogen (secondary N) is 2. The van der Waals surface area contributed by atoms with E-state index in [1.165, 1.54) is 0 Å². The van der Waals surface area contributed by atoms with E-state index in [2.05, 4.69) is 10.6 Å². The number of nitrogens with two attached hydrogens (primary N) is 1. The molecule has 2 amide bonds. The molecule has 0 fully saturated rings. The van der Waals surface area contributed by atoms with E-state index < -0.39 is 35.2 Å². The fraction of sp³-hybridized carbons (Fsp3) is 0.824. The summed E-state index contributed by atoms with van der Waals surface area (Å²) in [6.07, 6.45) is 1.82. The van der Waals surface area contributed by atoms with Gasteiger partial charge in [-0.1, -0.05) is 0 Å². The van der Waals surface area contributed by atoms with Gasteiger partial charge >= 0.3 is 18.0 Å². The first kappa shape index (κ1) is 23.2. The van der Waals surface area contributed by atoms with Gasteiger partial charge in [0.25, 0.3) is 0 Å². The zero-order valence-corrected chi connectivity index (χ0v) is 16.2. The Morgan fingerprint density at radius 1 is 0.960 bits per heavy atom. The van der Waals surface area contributed by atoms with Gasteiger partial charge in [-0.3, -0.25) is 4.79 Å². The number of urea groups is 1. The van der Waals surface area contributed by atoms with Crippen molar-refractivity contribution < 1.29 is 23.9 Å². The molecular formula is C17H33N3O5. The summed E-state index contributed by atoms with van der Waals surface area (Å²) in [4.78, 5) is 35.8.